The van der Waals surface area contributed by atoms with Crippen molar-refractivity contribution < 1.29 is 28.2 Å². The Kier molecular flexibility index (Phi) is 6.15. The first kappa shape index (κ1) is 20.4. The fourth-order valence-corrected chi connectivity index (χ4v) is 3.46. The van der Waals surface area contributed by atoms with Crippen LogP contribution in [0.15, 0.2) is 40.0 Å². The second kappa shape index (κ2) is 8.16. The lowest BCUT2D eigenvalue weighted by Crippen LogP contribution is -2.42. The van der Waals surface area contributed by atoms with Crippen LogP contribution in [0.5, 0.6) is 0 Å². The third kappa shape index (κ3) is 5.03. The summed E-state index contributed by atoms with van der Waals surface area (Å²) in [5.41, 5.74) is 5.90. The number of hydrogen-bond donors (Lipinski definition) is 5. The van der Waals surface area contributed by atoms with Gasteiger partial charge in [0, 0.05) is 28.7 Å². The highest BCUT2D eigenvalue weighted by molar-refractivity contribution is 7.89. The SMILES string of the molecule is NC(=NCl)Nc1cncc2cc(S(=O)(=O)N[C@@H](CC(=O)O)C(=O)O)ccc12. The van der Waals surface area contributed by atoms with Gasteiger partial charge in [-0.05, 0) is 12.1 Å². The molecule has 2 aromatic rings. The number of aliphatic carboxylic acids is 2. The summed E-state index contributed by atoms with van der Waals surface area (Å²) >= 11 is 5.25. The molecule has 6 N–H and O–H groups in total. The maximum Gasteiger partial charge on any atom is 0.322 e. The number of carboxylic acid groups (broad SMARTS) is 2. The molecule has 0 saturated carbocycles. The lowest BCUT2D eigenvalue weighted by atomic mass is 10.1. The average molecular weight is 416 g/mol. The number of fused-ring (bicyclic) bond motifs is 1. The summed E-state index contributed by atoms with van der Waals surface area (Å²) in [4.78, 5) is 25.5. The van der Waals surface area contributed by atoms with E-state index in [0.717, 1.165) is 0 Å². The van der Waals surface area contributed by atoms with Gasteiger partial charge in [-0.1, -0.05) is 6.07 Å². The number of nitrogens with one attached hydrogen (secondary N) is 2. The minimum absolute atomic E-state index is 0.0951. The van der Waals surface area contributed by atoms with Crippen LogP contribution in [0.4, 0.5) is 5.69 Å². The third-order valence-corrected chi connectivity index (χ3v) is 5.02. The van der Waals surface area contributed by atoms with Gasteiger partial charge in [0.25, 0.3) is 0 Å². The van der Waals surface area contributed by atoms with Crippen LogP contribution >= 0.6 is 11.8 Å². The molecular formula is C14H14ClN5O6S. The minimum atomic E-state index is -4.29. The Morgan fingerprint density at radius 1 is 1.30 bits per heavy atom. The van der Waals surface area contributed by atoms with Crippen LogP contribution in [0.1, 0.15) is 6.42 Å². The molecule has 0 saturated heterocycles. The molecule has 13 heteroatoms. The Morgan fingerprint density at radius 2 is 2.00 bits per heavy atom. The Bertz CT molecular complexity index is 1030. The number of carbonyl (C=O) groups is 2. The minimum Gasteiger partial charge on any atom is -0.481 e. The molecule has 2 rings (SSSR count). The number of anilines is 1. The van der Waals surface area contributed by atoms with Crippen LogP contribution in [0.3, 0.4) is 0 Å². The first-order valence-electron chi connectivity index (χ1n) is 7.20. The summed E-state index contributed by atoms with van der Waals surface area (Å²) in [6.45, 7) is 0. The van der Waals surface area contributed by atoms with E-state index in [2.05, 4.69) is 14.8 Å². The normalized spacial score (nSPS) is 13.3. The first-order valence-corrected chi connectivity index (χ1v) is 9.02. The van der Waals surface area contributed by atoms with E-state index in [1.165, 1.54) is 30.6 Å². The second-order valence-electron chi connectivity index (χ2n) is 5.27. The maximum atomic E-state index is 12.4. The van der Waals surface area contributed by atoms with Gasteiger partial charge in [0.15, 0.2) is 0 Å². The van der Waals surface area contributed by atoms with Crippen molar-refractivity contribution in [1.29, 1.82) is 0 Å². The van der Waals surface area contributed by atoms with Crippen LogP contribution in [0.2, 0.25) is 0 Å². The molecule has 0 bridgehead atoms. The second-order valence-corrected chi connectivity index (χ2v) is 7.16. The van der Waals surface area contributed by atoms with Crippen molar-refractivity contribution in [3.8, 4) is 0 Å². The van der Waals surface area contributed by atoms with E-state index >= 15 is 0 Å². The number of pyridine rings is 1. The molecule has 1 aromatic heterocycles. The molecule has 11 nitrogen and oxygen atoms in total. The molecule has 0 aliphatic rings. The maximum absolute atomic E-state index is 12.4. The van der Waals surface area contributed by atoms with E-state index < -0.39 is 34.4 Å². The molecule has 1 atom stereocenters. The molecule has 1 heterocycles. The summed E-state index contributed by atoms with van der Waals surface area (Å²) < 4.78 is 29.9. The fraction of sp³-hybridized carbons (Fsp3) is 0.143. The molecule has 0 aliphatic heterocycles. The van der Waals surface area contributed by atoms with Crippen molar-refractivity contribution in [3.63, 3.8) is 0 Å². The van der Waals surface area contributed by atoms with E-state index in [-0.39, 0.29) is 10.9 Å². The van der Waals surface area contributed by atoms with Gasteiger partial charge in [-0.25, -0.2) is 8.42 Å². The summed E-state index contributed by atoms with van der Waals surface area (Å²) in [5.74, 6) is -3.16. The number of sulfonamides is 1. The number of aromatic nitrogens is 1. The van der Waals surface area contributed by atoms with Crippen molar-refractivity contribution in [2.75, 3.05) is 5.32 Å². The van der Waals surface area contributed by atoms with E-state index in [0.29, 0.717) is 16.5 Å². The first-order chi connectivity index (χ1) is 12.6. The van der Waals surface area contributed by atoms with Gasteiger partial charge in [0.1, 0.15) is 6.04 Å². The number of nitrogens with zero attached hydrogens (tertiary/aromatic N) is 2. The summed E-state index contributed by atoms with van der Waals surface area (Å²) in [7, 11) is -4.29. The monoisotopic (exact) mass is 415 g/mol. The van der Waals surface area contributed by atoms with E-state index in [4.69, 9.17) is 27.7 Å². The number of halogens is 1. The van der Waals surface area contributed by atoms with Crippen LogP contribution in [0.25, 0.3) is 10.8 Å². The molecular weight excluding hydrogens is 402 g/mol. The molecule has 1 aromatic carbocycles. The molecule has 0 spiro atoms. The summed E-state index contributed by atoms with van der Waals surface area (Å²) in [6, 6.07) is 2.12. The van der Waals surface area contributed by atoms with Gasteiger partial charge in [0.05, 0.1) is 23.2 Å². The molecule has 0 aliphatic carbocycles. The lowest BCUT2D eigenvalue weighted by molar-refractivity contribution is -0.145. The molecule has 0 fully saturated rings. The Hall–Kier alpha value is -2.96. The van der Waals surface area contributed by atoms with Crippen LogP contribution in [-0.4, -0.2) is 47.6 Å². The number of guanidine groups is 1. The van der Waals surface area contributed by atoms with Crippen molar-refractivity contribution in [1.82, 2.24) is 9.71 Å². The quantitative estimate of drug-likeness (QED) is 0.313. The van der Waals surface area contributed by atoms with E-state index in [9.17, 15) is 18.0 Å². The van der Waals surface area contributed by atoms with Crippen molar-refractivity contribution in [2.45, 2.75) is 17.4 Å². The van der Waals surface area contributed by atoms with Gasteiger partial charge >= 0.3 is 11.9 Å². The highest BCUT2D eigenvalue weighted by atomic mass is 35.5. The molecule has 0 amide bonds. The van der Waals surface area contributed by atoms with Crippen LogP contribution < -0.4 is 15.8 Å². The van der Waals surface area contributed by atoms with E-state index in [1.807, 2.05) is 4.72 Å². The number of rotatable bonds is 7. The van der Waals surface area contributed by atoms with Crippen molar-refractivity contribution in [2.24, 2.45) is 10.2 Å². The number of hydrogen-bond acceptors (Lipinski definition) is 6. The topological polar surface area (TPSA) is 184 Å². The number of nitrogens with two attached hydrogens (primary N) is 1. The Morgan fingerprint density at radius 3 is 2.59 bits per heavy atom. The Balaban J connectivity index is 2.40. The molecule has 0 radical (unpaired) electrons. The number of carboxylic acids is 2. The van der Waals surface area contributed by atoms with E-state index in [1.54, 1.807) is 0 Å². The Labute approximate surface area is 158 Å². The van der Waals surface area contributed by atoms with Gasteiger partial charge in [-0.15, -0.1) is 4.51 Å². The lowest BCUT2D eigenvalue weighted by Gasteiger charge is -2.14. The van der Waals surface area contributed by atoms with Gasteiger partial charge < -0.3 is 21.3 Å². The van der Waals surface area contributed by atoms with Crippen molar-refractivity contribution >= 4 is 56.2 Å². The molecule has 144 valence electrons. The third-order valence-electron chi connectivity index (χ3n) is 3.37. The van der Waals surface area contributed by atoms with Crippen molar-refractivity contribution in [3.05, 3.63) is 30.6 Å². The van der Waals surface area contributed by atoms with Gasteiger partial charge in [-0.3, -0.25) is 14.6 Å². The van der Waals surface area contributed by atoms with Gasteiger partial charge in [0.2, 0.25) is 16.0 Å². The molecule has 0 unspecified atom stereocenters. The highest BCUT2D eigenvalue weighted by Gasteiger charge is 2.27. The summed E-state index contributed by atoms with van der Waals surface area (Å²) in [5, 5.41) is 21.4. The molecule has 27 heavy (non-hydrogen) atoms. The predicted octanol–water partition coefficient (Wildman–Crippen LogP) is 0.321. The van der Waals surface area contributed by atoms with Crippen LogP contribution in [0, 0.1) is 0 Å². The highest BCUT2D eigenvalue weighted by Crippen LogP contribution is 2.25. The number of benzene rings is 1. The summed E-state index contributed by atoms with van der Waals surface area (Å²) in [6.07, 6.45) is 1.91. The zero-order valence-corrected chi connectivity index (χ0v) is 15.0. The van der Waals surface area contributed by atoms with Gasteiger partial charge in [-0.2, -0.15) is 4.72 Å². The zero-order valence-electron chi connectivity index (χ0n) is 13.5. The smallest absolute Gasteiger partial charge is 0.322 e. The standard InChI is InChI=1S/C14H14ClN5O6S/c15-19-14(16)18-11-6-17-5-7-3-8(1-2-9(7)11)27(25,26)20-10(13(23)24)4-12(21)22/h1-3,5-6,10,20H,4H2,(H,21,22)(H,23,24)(H3,16,18,19)/t10-/m0/s1. The fourth-order valence-electron chi connectivity index (χ4n) is 2.19. The zero-order chi connectivity index (χ0) is 20.2. The largest absolute Gasteiger partial charge is 0.481 e. The predicted molar refractivity (Wildman–Crippen MR) is 96.8 cm³/mol. The van der Waals surface area contributed by atoms with Crippen LogP contribution in [-0.2, 0) is 19.6 Å². The average Bonchev–Trinajstić information content (AvgIpc) is 2.60.